The summed E-state index contributed by atoms with van der Waals surface area (Å²) in [6, 6.07) is 20.1. The van der Waals surface area contributed by atoms with E-state index in [1.807, 2.05) is 42.5 Å². The average molecular weight is 591 g/mol. The molecule has 2 heterocycles. The van der Waals surface area contributed by atoms with E-state index in [0.29, 0.717) is 46.3 Å². The molecule has 0 saturated carbocycles. The smallest absolute Gasteiger partial charge is 0.282 e. The Labute approximate surface area is 233 Å². The lowest BCUT2D eigenvalue weighted by atomic mass is 9.89. The van der Waals surface area contributed by atoms with E-state index in [2.05, 4.69) is 26.2 Å². The van der Waals surface area contributed by atoms with Crippen LogP contribution in [-0.2, 0) is 18.3 Å². The van der Waals surface area contributed by atoms with Crippen LogP contribution in [0, 0.1) is 5.82 Å². The first kappa shape index (κ1) is 26.7. The van der Waals surface area contributed by atoms with Gasteiger partial charge in [-0.1, -0.05) is 36.4 Å². The first-order valence-corrected chi connectivity index (χ1v) is 13.7. The fraction of sp³-hybridized carbons (Fsp3) is 0.267. The van der Waals surface area contributed by atoms with Gasteiger partial charge in [-0.25, -0.2) is 9.37 Å². The number of anilines is 1. The van der Waals surface area contributed by atoms with Crippen LogP contribution in [-0.4, -0.2) is 39.4 Å². The molecule has 3 aromatic carbocycles. The maximum absolute atomic E-state index is 14.1. The molecule has 0 atom stereocenters. The van der Waals surface area contributed by atoms with E-state index in [1.165, 1.54) is 4.57 Å². The minimum absolute atomic E-state index is 0.0441. The lowest BCUT2D eigenvalue weighted by molar-refractivity contribution is -0.116. The fourth-order valence-electron chi connectivity index (χ4n) is 5.04. The number of nitrogens with one attached hydrogen (secondary N) is 1. The summed E-state index contributed by atoms with van der Waals surface area (Å²) in [7, 11) is 1.66. The highest BCUT2D eigenvalue weighted by molar-refractivity contribution is 9.10. The van der Waals surface area contributed by atoms with Gasteiger partial charge in [0.25, 0.3) is 11.5 Å². The standard InChI is InChI=1S/C30H28BrFN4O3/c1-35-25-8-3-2-7-24(25)34-28(29(35)38)30(39)36-17-15-20(16-18-36)19-9-12-22(13-10-19)33-26(37)14-11-21-5-4-6-23(31)27(21)32/h2-10,12-13,20H,11,14-18H2,1H3,(H,33,37). The lowest BCUT2D eigenvalue weighted by Crippen LogP contribution is -2.41. The molecular weight excluding hydrogens is 563 g/mol. The van der Waals surface area contributed by atoms with Gasteiger partial charge < -0.3 is 14.8 Å². The third kappa shape index (κ3) is 5.78. The Morgan fingerprint density at radius 2 is 1.74 bits per heavy atom. The minimum atomic E-state index is -0.389. The molecule has 0 aliphatic carbocycles. The van der Waals surface area contributed by atoms with Crippen LogP contribution in [0.2, 0.25) is 0 Å². The summed E-state index contributed by atoms with van der Waals surface area (Å²) in [5.41, 5.74) is 3.19. The number of piperidine rings is 1. The maximum atomic E-state index is 14.1. The summed E-state index contributed by atoms with van der Waals surface area (Å²) < 4.78 is 16.0. The predicted molar refractivity (Wildman–Crippen MR) is 152 cm³/mol. The molecule has 5 rings (SSSR count). The summed E-state index contributed by atoms with van der Waals surface area (Å²) in [5.74, 6) is -0.577. The minimum Gasteiger partial charge on any atom is -0.337 e. The number of amides is 2. The molecule has 200 valence electrons. The van der Waals surface area contributed by atoms with E-state index < -0.39 is 0 Å². The Hall–Kier alpha value is -3.85. The van der Waals surface area contributed by atoms with Crippen molar-refractivity contribution in [3.63, 3.8) is 0 Å². The number of likely N-dealkylation sites (tertiary alicyclic amines) is 1. The number of hydrogen-bond acceptors (Lipinski definition) is 4. The average Bonchev–Trinajstić information content (AvgIpc) is 2.96. The highest BCUT2D eigenvalue weighted by atomic mass is 79.9. The number of aryl methyl sites for hydroxylation is 2. The van der Waals surface area contributed by atoms with Gasteiger partial charge in [-0.3, -0.25) is 14.4 Å². The van der Waals surface area contributed by atoms with E-state index >= 15 is 0 Å². The van der Waals surface area contributed by atoms with Crippen molar-refractivity contribution in [2.45, 2.75) is 31.6 Å². The van der Waals surface area contributed by atoms with Crippen LogP contribution < -0.4 is 10.9 Å². The second kappa shape index (κ2) is 11.5. The highest BCUT2D eigenvalue weighted by Crippen LogP contribution is 2.29. The Kier molecular flexibility index (Phi) is 7.88. The molecule has 1 fully saturated rings. The van der Waals surface area contributed by atoms with Crippen LogP contribution in [0.15, 0.2) is 76.0 Å². The molecule has 1 aliphatic heterocycles. The predicted octanol–water partition coefficient (Wildman–Crippen LogP) is 5.43. The van der Waals surface area contributed by atoms with E-state index in [1.54, 1.807) is 36.2 Å². The van der Waals surface area contributed by atoms with Crippen molar-refractivity contribution >= 4 is 44.5 Å². The van der Waals surface area contributed by atoms with Crippen molar-refractivity contribution in [2.24, 2.45) is 7.05 Å². The monoisotopic (exact) mass is 590 g/mol. The maximum Gasteiger partial charge on any atom is 0.282 e. The van der Waals surface area contributed by atoms with Crippen molar-refractivity contribution in [1.29, 1.82) is 0 Å². The molecule has 39 heavy (non-hydrogen) atoms. The molecule has 0 radical (unpaired) electrons. The second-order valence-corrected chi connectivity index (χ2v) is 10.6. The summed E-state index contributed by atoms with van der Waals surface area (Å²) in [5, 5.41) is 2.87. The number of hydrogen-bond donors (Lipinski definition) is 1. The largest absolute Gasteiger partial charge is 0.337 e. The molecule has 4 aromatic rings. The quantitative estimate of drug-likeness (QED) is 0.325. The van der Waals surface area contributed by atoms with Gasteiger partial charge in [-0.15, -0.1) is 0 Å². The summed E-state index contributed by atoms with van der Waals surface area (Å²) in [4.78, 5) is 44.5. The normalized spacial score (nSPS) is 14.0. The number of fused-ring (bicyclic) bond motifs is 1. The van der Waals surface area contributed by atoms with Gasteiger partial charge in [0.15, 0.2) is 5.69 Å². The zero-order valence-electron chi connectivity index (χ0n) is 21.5. The third-order valence-electron chi connectivity index (χ3n) is 7.29. The number of rotatable bonds is 6. The van der Waals surface area contributed by atoms with E-state index in [0.717, 1.165) is 18.4 Å². The van der Waals surface area contributed by atoms with Gasteiger partial charge in [0.2, 0.25) is 5.91 Å². The van der Waals surface area contributed by atoms with Crippen LogP contribution in [0.25, 0.3) is 11.0 Å². The second-order valence-electron chi connectivity index (χ2n) is 9.76. The van der Waals surface area contributed by atoms with Gasteiger partial charge in [-0.05, 0) is 82.6 Å². The van der Waals surface area contributed by atoms with Crippen LogP contribution in [0.4, 0.5) is 10.1 Å². The number of para-hydroxylation sites is 2. The number of aromatic nitrogens is 2. The lowest BCUT2D eigenvalue weighted by Gasteiger charge is -2.32. The Morgan fingerprint density at radius 1 is 1.03 bits per heavy atom. The van der Waals surface area contributed by atoms with Crippen molar-refractivity contribution in [3.05, 3.63) is 104 Å². The molecule has 2 amide bonds. The Bertz CT molecular complexity index is 1590. The first-order valence-electron chi connectivity index (χ1n) is 12.9. The number of halogens is 2. The molecular formula is C30H28BrFN4O3. The van der Waals surface area contributed by atoms with E-state index in [-0.39, 0.29) is 41.2 Å². The van der Waals surface area contributed by atoms with Gasteiger partial charge in [-0.2, -0.15) is 0 Å². The highest BCUT2D eigenvalue weighted by Gasteiger charge is 2.27. The van der Waals surface area contributed by atoms with Crippen molar-refractivity contribution < 1.29 is 14.0 Å². The van der Waals surface area contributed by atoms with Crippen LogP contribution in [0.1, 0.15) is 46.8 Å². The van der Waals surface area contributed by atoms with Crippen LogP contribution >= 0.6 is 15.9 Å². The Balaban J connectivity index is 1.16. The third-order valence-corrected chi connectivity index (χ3v) is 7.90. The van der Waals surface area contributed by atoms with Gasteiger partial charge in [0.1, 0.15) is 5.82 Å². The Morgan fingerprint density at radius 3 is 2.49 bits per heavy atom. The molecule has 1 aliphatic rings. The molecule has 7 nitrogen and oxygen atoms in total. The SMILES string of the molecule is Cn1c(=O)c(C(=O)N2CCC(c3ccc(NC(=O)CCc4cccc(Br)c4F)cc3)CC2)nc2ccccc21. The number of benzene rings is 3. The fourth-order valence-corrected chi connectivity index (χ4v) is 5.44. The van der Waals surface area contributed by atoms with Crippen LogP contribution in [0.3, 0.4) is 0 Å². The zero-order valence-corrected chi connectivity index (χ0v) is 23.1. The molecule has 1 aromatic heterocycles. The summed E-state index contributed by atoms with van der Waals surface area (Å²) >= 11 is 3.17. The zero-order chi connectivity index (χ0) is 27.5. The van der Waals surface area contributed by atoms with Crippen molar-refractivity contribution in [3.8, 4) is 0 Å². The van der Waals surface area contributed by atoms with Gasteiger partial charge in [0.05, 0.1) is 15.5 Å². The number of carbonyl (C=O) groups excluding carboxylic acids is 2. The number of nitrogens with zero attached hydrogens (tertiary/aromatic N) is 3. The molecule has 1 N–H and O–H groups in total. The molecule has 0 bridgehead atoms. The van der Waals surface area contributed by atoms with Crippen molar-refractivity contribution in [2.75, 3.05) is 18.4 Å². The topological polar surface area (TPSA) is 84.3 Å². The molecule has 1 saturated heterocycles. The molecule has 9 heteroatoms. The van der Waals surface area contributed by atoms with Crippen LogP contribution in [0.5, 0.6) is 0 Å². The van der Waals surface area contributed by atoms with E-state index in [4.69, 9.17) is 0 Å². The van der Waals surface area contributed by atoms with Crippen molar-refractivity contribution in [1.82, 2.24) is 14.5 Å². The summed E-state index contributed by atoms with van der Waals surface area (Å²) in [6.45, 7) is 1.07. The molecule has 0 spiro atoms. The van der Waals surface area contributed by atoms with Gasteiger partial charge in [0, 0.05) is 32.2 Å². The summed E-state index contributed by atoms with van der Waals surface area (Å²) in [6.07, 6.45) is 2.02. The van der Waals surface area contributed by atoms with E-state index in [9.17, 15) is 18.8 Å². The molecule has 0 unspecified atom stereocenters. The first-order chi connectivity index (χ1) is 18.8. The number of carbonyl (C=O) groups is 2. The van der Waals surface area contributed by atoms with Gasteiger partial charge >= 0.3 is 0 Å².